The molecule has 0 aliphatic rings. The van der Waals surface area contributed by atoms with Gasteiger partial charge in [0.15, 0.2) is 5.82 Å². The average molecular weight is 455 g/mol. The number of aryl methyl sites for hydroxylation is 1. The molecule has 1 N–H and O–H groups in total. The van der Waals surface area contributed by atoms with E-state index in [0.717, 1.165) is 27.4 Å². The van der Waals surface area contributed by atoms with Crippen LogP contribution in [0.4, 0.5) is 24.7 Å². The number of rotatable bonds is 4. The van der Waals surface area contributed by atoms with Crippen molar-refractivity contribution in [2.45, 2.75) is 26.1 Å². The lowest BCUT2D eigenvalue weighted by atomic mass is 10.0. The van der Waals surface area contributed by atoms with Gasteiger partial charge in [0.2, 0.25) is 0 Å². The Morgan fingerprint density at radius 3 is 2.50 bits per heavy atom. The molecule has 0 saturated carbocycles. The molecule has 1 unspecified atom stereocenters. The van der Waals surface area contributed by atoms with Crippen molar-refractivity contribution in [3.05, 3.63) is 67.8 Å². The van der Waals surface area contributed by atoms with Gasteiger partial charge in [-0.15, -0.1) is 5.10 Å². The number of anilines is 1. The number of fused-ring (bicyclic) bond motifs is 1. The van der Waals surface area contributed by atoms with Crippen molar-refractivity contribution in [2.75, 3.05) is 5.32 Å². The van der Waals surface area contributed by atoms with Gasteiger partial charge in [-0.3, -0.25) is 10.1 Å². The van der Waals surface area contributed by atoms with Gasteiger partial charge < -0.3 is 5.32 Å². The third-order valence-electron chi connectivity index (χ3n) is 4.26. The second-order valence-electron chi connectivity index (χ2n) is 6.26. The summed E-state index contributed by atoms with van der Waals surface area (Å²) in [5.41, 5.74) is -0.878. The van der Waals surface area contributed by atoms with Crippen LogP contribution >= 0.6 is 15.9 Å². The second kappa shape index (κ2) is 7.34. The van der Waals surface area contributed by atoms with Gasteiger partial charge in [0.25, 0.3) is 5.69 Å². The lowest BCUT2D eigenvalue weighted by Gasteiger charge is -2.18. The van der Waals surface area contributed by atoms with Crippen LogP contribution in [0.3, 0.4) is 0 Å². The van der Waals surface area contributed by atoms with Gasteiger partial charge in [-0.1, -0.05) is 22.0 Å². The summed E-state index contributed by atoms with van der Waals surface area (Å²) in [5, 5.41) is 23.8. The van der Waals surface area contributed by atoms with Gasteiger partial charge in [-0.25, -0.2) is 0 Å². The molecule has 0 bridgehead atoms. The number of benzene rings is 2. The van der Waals surface area contributed by atoms with Crippen LogP contribution in [0, 0.1) is 17.0 Å². The van der Waals surface area contributed by atoms with Crippen molar-refractivity contribution in [1.82, 2.24) is 10.2 Å². The van der Waals surface area contributed by atoms with E-state index >= 15 is 0 Å². The summed E-state index contributed by atoms with van der Waals surface area (Å²) in [7, 11) is 0. The Hall–Kier alpha value is -2.75. The molecule has 6 nitrogen and oxygen atoms in total. The van der Waals surface area contributed by atoms with Crippen molar-refractivity contribution in [1.29, 1.82) is 0 Å². The van der Waals surface area contributed by atoms with E-state index in [9.17, 15) is 23.3 Å². The van der Waals surface area contributed by atoms with Gasteiger partial charge >= 0.3 is 6.18 Å². The largest absolute Gasteiger partial charge is 0.416 e. The Kier molecular flexibility index (Phi) is 5.24. The summed E-state index contributed by atoms with van der Waals surface area (Å²) in [6, 6.07) is 7.38. The summed E-state index contributed by atoms with van der Waals surface area (Å²) < 4.78 is 40.2. The molecule has 1 aromatic heterocycles. The number of non-ortho nitro benzene ring substituents is 1. The maximum absolute atomic E-state index is 13.1. The summed E-state index contributed by atoms with van der Waals surface area (Å²) in [6.45, 7) is 3.40. The monoisotopic (exact) mass is 454 g/mol. The van der Waals surface area contributed by atoms with Crippen molar-refractivity contribution >= 4 is 38.2 Å². The highest BCUT2D eigenvalue weighted by Crippen LogP contribution is 2.35. The second-order valence-corrected chi connectivity index (χ2v) is 7.17. The maximum atomic E-state index is 13.1. The first-order valence-electron chi connectivity index (χ1n) is 8.12. The number of alkyl halides is 3. The molecule has 0 fully saturated rings. The van der Waals surface area contributed by atoms with Crippen molar-refractivity contribution in [3.63, 3.8) is 0 Å². The van der Waals surface area contributed by atoms with E-state index in [2.05, 4.69) is 31.4 Å². The molecule has 0 radical (unpaired) electrons. The first-order valence-corrected chi connectivity index (χ1v) is 8.91. The van der Waals surface area contributed by atoms with Crippen LogP contribution in [-0.2, 0) is 6.18 Å². The van der Waals surface area contributed by atoms with E-state index < -0.39 is 28.4 Å². The lowest BCUT2D eigenvalue weighted by molar-refractivity contribution is -0.385. The minimum absolute atomic E-state index is 0.118. The molecule has 2 aromatic carbocycles. The molecule has 3 rings (SSSR count). The molecular weight excluding hydrogens is 441 g/mol. The fraction of sp³-hybridized carbons (Fsp3) is 0.222. The van der Waals surface area contributed by atoms with E-state index in [1.54, 1.807) is 13.8 Å². The van der Waals surface area contributed by atoms with E-state index in [0.29, 0.717) is 17.6 Å². The Bertz CT molecular complexity index is 1070. The molecule has 0 saturated heterocycles. The molecule has 0 aliphatic heterocycles. The number of nitrogens with zero attached hydrogens (tertiary/aromatic N) is 3. The number of aromatic nitrogens is 2. The predicted molar refractivity (Wildman–Crippen MR) is 102 cm³/mol. The fourth-order valence-electron chi connectivity index (χ4n) is 2.81. The van der Waals surface area contributed by atoms with Gasteiger partial charge in [-0.05, 0) is 37.6 Å². The summed E-state index contributed by atoms with van der Waals surface area (Å²) >= 11 is 3.38. The fourth-order valence-corrected chi connectivity index (χ4v) is 3.17. The number of hydrogen-bond donors (Lipinski definition) is 1. The summed E-state index contributed by atoms with van der Waals surface area (Å²) in [6.07, 6.45) is -4.69. The van der Waals surface area contributed by atoms with E-state index in [1.807, 2.05) is 18.2 Å². The third kappa shape index (κ3) is 4.06. The first kappa shape index (κ1) is 20.0. The highest BCUT2D eigenvalue weighted by Gasteiger charge is 2.33. The number of hydrogen-bond acceptors (Lipinski definition) is 5. The third-order valence-corrected chi connectivity index (χ3v) is 4.75. The molecule has 0 amide bonds. The molecular formula is C18H14BrF3N4O2. The smallest absolute Gasteiger partial charge is 0.362 e. The minimum atomic E-state index is -4.69. The van der Waals surface area contributed by atoms with E-state index in [1.165, 1.54) is 0 Å². The first-order chi connectivity index (χ1) is 13.1. The topological polar surface area (TPSA) is 81.0 Å². The molecule has 0 spiro atoms. The summed E-state index contributed by atoms with van der Waals surface area (Å²) in [5.74, 6) is 0.370. The van der Waals surface area contributed by atoms with Gasteiger partial charge in [0, 0.05) is 27.4 Å². The van der Waals surface area contributed by atoms with Crippen molar-refractivity contribution in [2.24, 2.45) is 0 Å². The number of halogens is 4. The van der Waals surface area contributed by atoms with Crippen LogP contribution in [0.1, 0.15) is 29.8 Å². The molecule has 146 valence electrons. The minimum Gasteiger partial charge on any atom is -0.362 e. The molecule has 1 heterocycles. The highest BCUT2D eigenvalue weighted by atomic mass is 79.9. The van der Waals surface area contributed by atoms with E-state index in [4.69, 9.17) is 0 Å². The zero-order chi connectivity index (χ0) is 20.6. The van der Waals surface area contributed by atoms with Crippen molar-refractivity contribution < 1.29 is 18.1 Å². The number of nitro groups is 1. The molecule has 0 aliphatic carbocycles. The average Bonchev–Trinajstić information content (AvgIpc) is 2.62. The molecule has 28 heavy (non-hydrogen) atoms. The van der Waals surface area contributed by atoms with Crippen LogP contribution in [0.25, 0.3) is 10.8 Å². The number of nitro benzene ring substituents is 1. The normalized spacial score (nSPS) is 12.8. The zero-order valence-electron chi connectivity index (χ0n) is 14.7. The highest BCUT2D eigenvalue weighted by molar-refractivity contribution is 9.10. The van der Waals surface area contributed by atoms with E-state index in [-0.39, 0.29) is 5.56 Å². The molecule has 3 aromatic rings. The predicted octanol–water partition coefficient (Wildman–Crippen LogP) is 5.80. The molecule has 1 atom stereocenters. The van der Waals surface area contributed by atoms with Gasteiger partial charge in [0.05, 0.1) is 22.2 Å². The standard InChI is InChI=1S/C18H14BrF3N4O2/c1-9(11-5-12(18(20,21)22)7-14(6-11)26(27)28)23-17-16-8-13(19)3-4-15(16)10(2)24-25-17/h3-9H,1-2H3,(H,23,25). The van der Waals surface area contributed by atoms with Gasteiger partial charge in [0.1, 0.15) is 0 Å². The van der Waals surface area contributed by atoms with Crippen LogP contribution < -0.4 is 5.32 Å². The Morgan fingerprint density at radius 2 is 1.86 bits per heavy atom. The van der Waals surface area contributed by atoms with Crippen LogP contribution in [0.15, 0.2) is 40.9 Å². The van der Waals surface area contributed by atoms with Crippen molar-refractivity contribution in [3.8, 4) is 0 Å². The molecule has 10 heteroatoms. The SMILES string of the molecule is Cc1nnc(NC(C)c2cc([N+](=O)[O-])cc(C(F)(F)F)c2)c2cc(Br)ccc12. The van der Waals surface area contributed by atoms with Crippen LogP contribution in [0.2, 0.25) is 0 Å². The van der Waals surface area contributed by atoms with Crippen LogP contribution in [0.5, 0.6) is 0 Å². The maximum Gasteiger partial charge on any atom is 0.416 e. The summed E-state index contributed by atoms with van der Waals surface area (Å²) in [4.78, 5) is 10.2. The Labute approximate surface area is 166 Å². The van der Waals surface area contributed by atoms with Gasteiger partial charge in [-0.2, -0.15) is 18.3 Å². The quantitative estimate of drug-likeness (QED) is 0.397. The number of nitrogens with one attached hydrogen (secondary N) is 1. The Morgan fingerprint density at radius 1 is 1.14 bits per heavy atom. The lowest BCUT2D eigenvalue weighted by Crippen LogP contribution is -2.12. The Balaban J connectivity index is 2.04. The van der Waals surface area contributed by atoms with Crippen LogP contribution in [-0.4, -0.2) is 15.1 Å². The zero-order valence-corrected chi connectivity index (χ0v) is 16.3.